The maximum absolute atomic E-state index is 12.9. The Morgan fingerprint density at radius 1 is 0.960 bits per heavy atom. The third-order valence-electron chi connectivity index (χ3n) is 5.16. The lowest BCUT2D eigenvalue weighted by atomic mass is 9.95. The summed E-state index contributed by atoms with van der Waals surface area (Å²) in [6, 6.07) is 16.2. The van der Waals surface area contributed by atoms with Gasteiger partial charge in [0.1, 0.15) is 0 Å². The SMILES string of the molecule is O=C(C1Cc2ccccc2CN1)N1CCN(c2ccc(Cl)cc2)CC1. The van der Waals surface area contributed by atoms with Gasteiger partial charge in [-0.05, 0) is 41.8 Å². The number of fused-ring (bicyclic) bond motifs is 1. The molecule has 1 amide bonds. The molecule has 25 heavy (non-hydrogen) atoms. The van der Waals surface area contributed by atoms with Crippen LogP contribution in [0, 0.1) is 0 Å². The topological polar surface area (TPSA) is 35.6 Å². The highest BCUT2D eigenvalue weighted by molar-refractivity contribution is 6.30. The Hall–Kier alpha value is -2.04. The van der Waals surface area contributed by atoms with E-state index in [0.29, 0.717) is 0 Å². The van der Waals surface area contributed by atoms with Gasteiger partial charge < -0.3 is 15.1 Å². The van der Waals surface area contributed by atoms with Crippen LogP contribution < -0.4 is 10.2 Å². The molecule has 2 aromatic carbocycles. The van der Waals surface area contributed by atoms with Gasteiger partial charge in [0.25, 0.3) is 0 Å². The molecule has 0 spiro atoms. The number of hydrogen-bond acceptors (Lipinski definition) is 3. The minimum Gasteiger partial charge on any atom is -0.368 e. The number of hydrogen-bond donors (Lipinski definition) is 1. The van der Waals surface area contributed by atoms with Gasteiger partial charge in [-0.1, -0.05) is 35.9 Å². The van der Waals surface area contributed by atoms with Crippen LogP contribution >= 0.6 is 11.6 Å². The lowest BCUT2D eigenvalue weighted by Gasteiger charge is -2.38. The van der Waals surface area contributed by atoms with E-state index in [2.05, 4.69) is 34.5 Å². The summed E-state index contributed by atoms with van der Waals surface area (Å²) >= 11 is 5.96. The first kappa shape index (κ1) is 16.4. The van der Waals surface area contributed by atoms with Crippen LogP contribution in [-0.2, 0) is 17.8 Å². The predicted molar refractivity (Wildman–Crippen MR) is 101 cm³/mol. The molecule has 1 fully saturated rings. The number of piperazine rings is 1. The highest BCUT2D eigenvalue weighted by Gasteiger charge is 2.29. The normalized spacial score (nSPS) is 20.3. The minimum atomic E-state index is -0.100. The van der Waals surface area contributed by atoms with Gasteiger partial charge in [-0.2, -0.15) is 0 Å². The van der Waals surface area contributed by atoms with Crippen molar-refractivity contribution >= 4 is 23.2 Å². The molecule has 1 unspecified atom stereocenters. The average molecular weight is 356 g/mol. The summed E-state index contributed by atoms with van der Waals surface area (Å²) in [5.41, 5.74) is 3.76. The molecule has 0 aromatic heterocycles. The molecule has 0 aliphatic carbocycles. The van der Waals surface area contributed by atoms with Crippen molar-refractivity contribution in [2.24, 2.45) is 0 Å². The molecule has 4 nitrogen and oxygen atoms in total. The first-order valence-corrected chi connectivity index (χ1v) is 9.18. The second-order valence-corrected chi connectivity index (χ2v) is 7.13. The fourth-order valence-corrected chi connectivity index (χ4v) is 3.81. The summed E-state index contributed by atoms with van der Waals surface area (Å²) in [4.78, 5) is 17.2. The van der Waals surface area contributed by atoms with Gasteiger partial charge in [0.2, 0.25) is 5.91 Å². The maximum Gasteiger partial charge on any atom is 0.240 e. The van der Waals surface area contributed by atoms with Crippen molar-refractivity contribution in [2.45, 2.75) is 19.0 Å². The lowest BCUT2D eigenvalue weighted by molar-refractivity contribution is -0.133. The Kier molecular flexibility index (Phi) is 4.64. The largest absolute Gasteiger partial charge is 0.368 e. The fraction of sp³-hybridized carbons (Fsp3) is 0.350. The third kappa shape index (κ3) is 3.51. The zero-order valence-corrected chi connectivity index (χ0v) is 14.9. The molecule has 1 saturated heterocycles. The van der Waals surface area contributed by atoms with Crippen LogP contribution in [-0.4, -0.2) is 43.0 Å². The zero-order chi connectivity index (χ0) is 17.2. The van der Waals surface area contributed by atoms with Gasteiger partial charge in [0, 0.05) is 43.4 Å². The number of rotatable bonds is 2. The van der Waals surface area contributed by atoms with E-state index >= 15 is 0 Å². The predicted octanol–water partition coefficient (Wildman–Crippen LogP) is 2.70. The molecule has 5 heteroatoms. The maximum atomic E-state index is 12.9. The van der Waals surface area contributed by atoms with Gasteiger partial charge in [0.15, 0.2) is 0 Å². The molecule has 2 heterocycles. The Balaban J connectivity index is 1.36. The molecule has 2 aliphatic heterocycles. The number of nitrogens with zero attached hydrogens (tertiary/aromatic N) is 2. The summed E-state index contributed by atoms with van der Waals surface area (Å²) in [7, 11) is 0. The highest BCUT2D eigenvalue weighted by Crippen LogP contribution is 2.21. The van der Waals surface area contributed by atoms with Crippen molar-refractivity contribution in [1.29, 1.82) is 0 Å². The van der Waals surface area contributed by atoms with E-state index in [4.69, 9.17) is 11.6 Å². The number of carbonyl (C=O) groups is 1. The molecule has 1 atom stereocenters. The number of nitrogens with one attached hydrogen (secondary N) is 1. The summed E-state index contributed by atoms with van der Waals surface area (Å²) in [6.07, 6.45) is 0.784. The van der Waals surface area contributed by atoms with Crippen molar-refractivity contribution in [2.75, 3.05) is 31.1 Å². The monoisotopic (exact) mass is 355 g/mol. The second kappa shape index (κ2) is 7.06. The van der Waals surface area contributed by atoms with Gasteiger partial charge >= 0.3 is 0 Å². The van der Waals surface area contributed by atoms with Crippen LogP contribution in [0.4, 0.5) is 5.69 Å². The quantitative estimate of drug-likeness (QED) is 0.899. The van der Waals surface area contributed by atoms with E-state index < -0.39 is 0 Å². The van der Waals surface area contributed by atoms with Crippen LogP contribution in [0.1, 0.15) is 11.1 Å². The van der Waals surface area contributed by atoms with E-state index in [1.54, 1.807) is 0 Å². The van der Waals surface area contributed by atoms with Gasteiger partial charge in [0.05, 0.1) is 6.04 Å². The van der Waals surface area contributed by atoms with Gasteiger partial charge in [-0.25, -0.2) is 0 Å². The molecular formula is C20H22ClN3O. The summed E-state index contributed by atoms with van der Waals surface area (Å²) in [5, 5.41) is 4.15. The molecule has 2 aromatic rings. The zero-order valence-electron chi connectivity index (χ0n) is 14.1. The Morgan fingerprint density at radius 2 is 1.64 bits per heavy atom. The van der Waals surface area contributed by atoms with Crippen LogP contribution in [0.3, 0.4) is 0 Å². The third-order valence-corrected chi connectivity index (χ3v) is 5.41. The van der Waals surface area contributed by atoms with Crippen LogP contribution in [0.25, 0.3) is 0 Å². The summed E-state index contributed by atoms with van der Waals surface area (Å²) in [6.45, 7) is 4.02. The number of halogens is 1. The van der Waals surface area contributed by atoms with E-state index in [1.807, 2.05) is 29.2 Å². The first-order chi connectivity index (χ1) is 12.2. The number of anilines is 1. The van der Waals surface area contributed by atoms with Crippen molar-refractivity contribution < 1.29 is 4.79 Å². The summed E-state index contributed by atoms with van der Waals surface area (Å²) in [5.74, 6) is 0.227. The molecule has 0 bridgehead atoms. The van der Waals surface area contributed by atoms with Gasteiger partial charge in [-0.15, -0.1) is 0 Å². The van der Waals surface area contributed by atoms with Crippen molar-refractivity contribution in [1.82, 2.24) is 10.2 Å². The van der Waals surface area contributed by atoms with E-state index in [1.165, 1.54) is 16.8 Å². The van der Waals surface area contributed by atoms with Gasteiger partial charge in [-0.3, -0.25) is 4.79 Å². The molecule has 0 saturated carbocycles. The van der Waals surface area contributed by atoms with Crippen molar-refractivity contribution in [3.05, 3.63) is 64.7 Å². The Bertz CT molecular complexity index is 754. The smallest absolute Gasteiger partial charge is 0.240 e. The molecular weight excluding hydrogens is 334 g/mol. The molecule has 2 aliphatic rings. The summed E-state index contributed by atoms with van der Waals surface area (Å²) < 4.78 is 0. The van der Waals surface area contributed by atoms with Crippen LogP contribution in [0.5, 0.6) is 0 Å². The molecule has 4 rings (SSSR count). The van der Waals surface area contributed by atoms with Crippen LogP contribution in [0.2, 0.25) is 5.02 Å². The number of carbonyl (C=O) groups excluding carboxylic acids is 1. The number of amides is 1. The van der Waals surface area contributed by atoms with E-state index in [9.17, 15) is 4.79 Å². The molecule has 130 valence electrons. The minimum absolute atomic E-state index is 0.100. The van der Waals surface area contributed by atoms with E-state index in [0.717, 1.165) is 44.2 Å². The van der Waals surface area contributed by atoms with Crippen LogP contribution in [0.15, 0.2) is 48.5 Å². The first-order valence-electron chi connectivity index (χ1n) is 8.80. The molecule has 1 N–H and O–H groups in total. The van der Waals surface area contributed by atoms with Crippen molar-refractivity contribution in [3.63, 3.8) is 0 Å². The average Bonchev–Trinajstić information content (AvgIpc) is 2.68. The Morgan fingerprint density at radius 3 is 2.36 bits per heavy atom. The van der Waals surface area contributed by atoms with E-state index in [-0.39, 0.29) is 11.9 Å². The number of benzene rings is 2. The highest BCUT2D eigenvalue weighted by atomic mass is 35.5. The molecule has 0 radical (unpaired) electrons. The Labute approximate surface area is 153 Å². The van der Waals surface area contributed by atoms with Crippen molar-refractivity contribution in [3.8, 4) is 0 Å². The lowest BCUT2D eigenvalue weighted by Crippen LogP contribution is -2.55. The fourth-order valence-electron chi connectivity index (χ4n) is 3.69. The standard InChI is InChI=1S/C20H22ClN3O/c21-17-5-7-18(8-6-17)23-9-11-24(12-10-23)20(25)19-13-15-3-1-2-4-16(15)14-22-19/h1-8,19,22H,9-14H2. The second-order valence-electron chi connectivity index (χ2n) is 6.70.